The van der Waals surface area contributed by atoms with E-state index in [4.69, 9.17) is 9.47 Å². The molecule has 0 radical (unpaired) electrons. The number of hydrogen-bond donors (Lipinski definition) is 1. The van der Waals surface area contributed by atoms with E-state index >= 15 is 0 Å². The third kappa shape index (κ3) is 3.26. The molecule has 6 nitrogen and oxygen atoms in total. The van der Waals surface area contributed by atoms with Crippen LogP contribution >= 0.6 is 0 Å². The van der Waals surface area contributed by atoms with E-state index in [2.05, 4.69) is 11.9 Å². The SMILES string of the molecule is C=C1NC(=O)N(CCC2OC(C)(C)OCC2=O)C=C1C. The Balaban J connectivity index is 1.96. The molecule has 1 unspecified atom stereocenters. The summed E-state index contributed by atoms with van der Waals surface area (Å²) in [7, 11) is 0. The van der Waals surface area contributed by atoms with E-state index in [0.717, 1.165) is 5.57 Å². The predicted molar refractivity (Wildman–Crippen MR) is 72.7 cm³/mol. The zero-order valence-corrected chi connectivity index (χ0v) is 12.1. The number of rotatable bonds is 3. The summed E-state index contributed by atoms with van der Waals surface area (Å²) in [4.78, 5) is 25.1. The first kappa shape index (κ1) is 14.7. The predicted octanol–water partition coefficient (Wildman–Crippen LogP) is 1.54. The van der Waals surface area contributed by atoms with Gasteiger partial charge in [0.1, 0.15) is 12.7 Å². The lowest BCUT2D eigenvalue weighted by molar-refractivity contribution is -0.259. The second-order valence-corrected chi connectivity index (χ2v) is 5.46. The van der Waals surface area contributed by atoms with Gasteiger partial charge in [-0.2, -0.15) is 0 Å². The molecule has 0 aromatic carbocycles. The van der Waals surface area contributed by atoms with Crippen molar-refractivity contribution in [3.8, 4) is 0 Å². The third-order valence-electron chi connectivity index (χ3n) is 3.32. The highest BCUT2D eigenvalue weighted by Crippen LogP contribution is 2.22. The van der Waals surface area contributed by atoms with E-state index in [0.29, 0.717) is 18.7 Å². The van der Waals surface area contributed by atoms with Crippen LogP contribution in [0.25, 0.3) is 0 Å². The van der Waals surface area contributed by atoms with Crippen LogP contribution in [0.2, 0.25) is 0 Å². The van der Waals surface area contributed by atoms with E-state index in [1.54, 1.807) is 20.0 Å². The number of amides is 2. The number of nitrogens with one attached hydrogen (secondary N) is 1. The summed E-state index contributed by atoms with van der Waals surface area (Å²) in [6.45, 7) is 9.61. The van der Waals surface area contributed by atoms with Crippen molar-refractivity contribution in [1.82, 2.24) is 10.2 Å². The second-order valence-electron chi connectivity index (χ2n) is 5.46. The van der Waals surface area contributed by atoms with E-state index in [9.17, 15) is 9.59 Å². The van der Waals surface area contributed by atoms with Crippen LogP contribution in [0.1, 0.15) is 27.2 Å². The smallest absolute Gasteiger partial charge is 0.325 e. The molecule has 2 aliphatic rings. The Morgan fingerprint density at radius 3 is 2.90 bits per heavy atom. The summed E-state index contributed by atoms with van der Waals surface area (Å²) >= 11 is 0. The normalized spacial score (nSPS) is 26.4. The molecule has 2 rings (SSSR count). The van der Waals surface area contributed by atoms with E-state index in [-0.39, 0.29) is 18.4 Å². The minimum absolute atomic E-state index is 0.0511. The number of carbonyl (C=O) groups excluding carboxylic acids is 2. The maximum absolute atomic E-state index is 11.8. The number of carbonyl (C=O) groups is 2. The van der Waals surface area contributed by atoms with Crippen molar-refractivity contribution in [3.05, 3.63) is 24.0 Å². The van der Waals surface area contributed by atoms with Gasteiger partial charge in [-0.25, -0.2) is 4.79 Å². The number of urea groups is 1. The Bertz CT molecular complexity index is 482. The molecule has 1 fully saturated rings. The molecule has 0 aromatic heterocycles. The number of Topliss-reactive ketones (excluding diaryl/α,β-unsaturated/α-hetero) is 1. The Morgan fingerprint density at radius 1 is 1.50 bits per heavy atom. The standard InChI is InChI=1S/C14H20N2O4/c1-9-7-16(13(18)15-10(9)2)6-5-12-11(17)8-19-14(3,4)20-12/h7,12H,2,5-6,8H2,1,3-4H3,(H,15,18). The van der Waals surface area contributed by atoms with Crippen molar-refractivity contribution in [2.45, 2.75) is 39.1 Å². The van der Waals surface area contributed by atoms with E-state index in [1.165, 1.54) is 4.90 Å². The summed E-state index contributed by atoms with van der Waals surface area (Å²) < 4.78 is 10.9. The van der Waals surface area contributed by atoms with Crippen LogP contribution in [0.3, 0.4) is 0 Å². The average Bonchev–Trinajstić information content (AvgIpc) is 2.36. The lowest BCUT2D eigenvalue weighted by Crippen LogP contribution is -2.48. The lowest BCUT2D eigenvalue weighted by atomic mass is 10.1. The molecule has 110 valence electrons. The first-order valence-corrected chi connectivity index (χ1v) is 6.58. The van der Waals surface area contributed by atoms with Gasteiger partial charge in [-0.15, -0.1) is 0 Å². The van der Waals surface area contributed by atoms with Gasteiger partial charge in [-0.3, -0.25) is 4.79 Å². The van der Waals surface area contributed by atoms with Gasteiger partial charge in [0.05, 0.1) is 0 Å². The number of allylic oxidation sites excluding steroid dienone is 1. The van der Waals surface area contributed by atoms with Crippen molar-refractivity contribution < 1.29 is 19.1 Å². The van der Waals surface area contributed by atoms with Crippen molar-refractivity contribution in [2.75, 3.05) is 13.2 Å². The van der Waals surface area contributed by atoms with Gasteiger partial charge in [0, 0.05) is 18.4 Å². The monoisotopic (exact) mass is 280 g/mol. The molecular formula is C14H20N2O4. The summed E-state index contributed by atoms with van der Waals surface area (Å²) in [6, 6.07) is -0.237. The molecule has 0 aromatic rings. The number of hydrogen-bond acceptors (Lipinski definition) is 4. The summed E-state index contributed by atoms with van der Waals surface area (Å²) in [5.41, 5.74) is 1.50. The molecule has 2 heterocycles. The zero-order chi connectivity index (χ0) is 14.9. The van der Waals surface area contributed by atoms with Gasteiger partial charge in [0.25, 0.3) is 0 Å². The lowest BCUT2D eigenvalue weighted by Gasteiger charge is -2.36. The molecular weight excluding hydrogens is 260 g/mol. The molecule has 1 N–H and O–H groups in total. The molecule has 1 atom stereocenters. The second kappa shape index (κ2) is 5.38. The molecule has 0 aliphatic carbocycles. The van der Waals surface area contributed by atoms with E-state index in [1.807, 2.05) is 6.92 Å². The van der Waals surface area contributed by atoms with Crippen LogP contribution in [0.4, 0.5) is 4.79 Å². The van der Waals surface area contributed by atoms with Crippen molar-refractivity contribution in [1.29, 1.82) is 0 Å². The molecule has 0 spiro atoms. The zero-order valence-electron chi connectivity index (χ0n) is 12.1. The summed E-state index contributed by atoms with van der Waals surface area (Å²) in [5.74, 6) is -0.852. The van der Waals surface area contributed by atoms with Crippen LogP contribution in [0, 0.1) is 0 Å². The highest BCUT2D eigenvalue weighted by molar-refractivity contribution is 5.85. The van der Waals surface area contributed by atoms with Crippen LogP contribution < -0.4 is 5.32 Å². The van der Waals surface area contributed by atoms with Gasteiger partial charge in [0.15, 0.2) is 11.6 Å². The molecule has 1 saturated heterocycles. The molecule has 0 bridgehead atoms. The fraction of sp³-hybridized carbons (Fsp3) is 0.571. The van der Waals surface area contributed by atoms with Crippen LogP contribution in [0.15, 0.2) is 24.0 Å². The Labute approximate surface area is 118 Å². The van der Waals surface area contributed by atoms with Crippen LogP contribution in [-0.4, -0.2) is 41.8 Å². The topological polar surface area (TPSA) is 67.9 Å². The van der Waals surface area contributed by atoms with Gasteiger partial charge >= 0.3 is 6.03 Å². The summed E-state index contributed by atoms with van der Waals surface area (Å²) in [6.07, 6.45) is 1.64. The van der Waals surface area contributed by atoms with Gasteiger partial charge in [-0.05, 0) is 32.8 Å². The Kier molecular flexibility index (Phi) is 3.96. The Morgan fingerprint density at radius 2 is 2.20 bits per heavy atom. The fourth-order valence-corrected chi connectivity index (χ4v) is 2.09. The van der Waals surface area contributed by atoms with Crippen LogP contribution in [0.5, 0.6) is 0 Å². The van der Waals surface area contributed by atoms with Crippen molar-refractivity contribution in [2.24, 2.45) is 0 Å². The molecule has 2 amide bonds. The maximum atomic E-state index is 11.8. The number of ketones is 1. The molecule has 0 saturated carbocycles. The Hall–Kier alpha value is -1.66. The first-order valence-electron chi connectivity index (χ1n) is 6.58. The quantitative estimate of drug-likeness (QED) is 0.851. The fourth-order valence-electron chi connectivity index (χ4n) is 2.09. The summed E-state index contributed by atoms with van der Waals surface area (Å²) in [5, 5.41) is 2.67. The third-order valence-corrected chi connectivity index (χ3v) is 3.32. The first-order chi connectivity index (χ1) is 9.28. The molecule has 2 aliphatic heterocycles. The van der Waals surface area contributed by atoms with Gasteiger partial charge < -0.3 is 19.7 Å². The van der Waals surface area contributed by atoms with Crippen molar-refractivity contribution >= 4 is 11.8 Å². The minimum Gasteiger partial charge on any atom is -0.343 e. The average molecular weight is 280 g/mol. The number of ether oxygens (including phenoxy) is 2. The highest BCUT2D eigenvalue weighted by Gasteiger charge is 2.35. The number of nitrogens with zero attached hydrogens (tertiary/aromatic N) is 1. The van der Waals surface area contributed by atoms with Gasteiger partial charge in [0.2, 0.25) is 0 Å². The minimum atomic E-state index is -0.761. The molecule has 6 heteroatoms. The molecule has 20 heavy (non-hydrogen) atoms. The van der Waals surface area contributed by atoms with Gasteiger partial charge in [-0.1, -0.05) is 6.58 Å². The largest absolute Gasteiger partial charge is 0.343 e. The van der Waals surface area contributed by atoms with Crippen LogP contribution in [-0.2, 0) is 14.3 Å². The highest BCUT2D eigenvalue weighted by atomic mass is 16.7. The van der Waals surface area contributed by atoms with E-state index < -0.39 is 11.9 Å². The van der Waals surface area contributed by atoms with Crippen molar-refractivity contribution in [3.63, 3.8) is 0 Å². The maximum Gasteiger partial charge on any atom is 0.325 e.